The molecule has 0 aliphatic carbocycles. The summed E-state index contributed by atoms with van der Waals surface area (Å²) < 4.78 is 19.2. The largest absolute Gasteiger partial charge is 0.489 e. The summed E-state index contributed by atoms with van der Waals surface area (Å²) in [7, 11) is 0. The molecule has 0 saturated heterocycles. The zero-order valence-electron chi connectivity index (χ0n) is 12.1. The highest BCUT2D eigenvalue weighted by molar-refractivity contribution is 7.71. The molecule has 22 heavy (non-hydrogen) atoms. The van der Waals surface area contributed by atoms with Crippen molar-refractivity contribution in [2.45, 2.75) is 19.4 Å². The maximum atomic E-state index is 13.1. The number of hydrogen-bond acceptors (Lipinski definition) is 3. The number of halogens is 1. The van der Waals surface area contributed by atoms with E-state index in [4.69, 9.17) is 17.0 Å². The molecule has 2 N–H and O–H groups in total. The van der Waals surface area contributed by atoms with Crippen LogP contribution < -0.4 is 10.1 Å². The Morgan fingerprint density at radius 3 is 2.91 bits per heavy atom. The number of benzene rings is 1. The van der Waals surface area contributed by atoms with Gasteiger partial charge in [-0.2, -0.15) is 0 Å². The molecule has 2 aromatic rings. The van der Waals surface area contributed by atoms with Crippen LogP contribution in [-0.2, 0) is 0 Å². The van der Waals surface area contributed by atoms with E-state index in [1.807, 2.05) is 6.92 Å². The van der Waals surface area contributed by atoms with Crippen LogP contribution in [0.25, 0.3) is 0 Å². The van der Waals surface area contributed by atoms with E-state index >= 15 is 0 Å². The third-order valence-corrected chi connectivity index (χ3v) is 3.45. The van der Waals surface area contributed by atoms with Gasteiger partial charge in [-0.05, 0) is 30.7 Å². The number of pyridine rings is 1. The number of aromatic amines is 1. The second kappa shape index (κ2) is 7.70. The standard InChI is InChI=1S/C16H17FN2O2S/c1-2-12(21-13-6-3-5-11(17)9-13)10-19-15(20)14-7-4-8-18-16(14)22/h3-9,12H,2,10H2,1H3,(H,18,22)(H,19,20)/t12-/m0/s1. The summed E-state index contributed by atoms with van der Waals surface area (Å²) >= 11 is 5.07. The molecule has 4 nitrogen and oxygen atoms in total. The number of H-pyrrole nitrogens is 1. The van der Waals surface area contributed by atoms with Crippen LogP contribution >= 0.6 is 12.2 Å². The van der Waals surface area contributed by atoms with Gasteiger partial charge in [-0.25, -0.2) is 4.39 Å². The van der Waals surface area contributed by atoms with Crippen LogP contribution in [-0.4, -0.2) is 23.5 Å². The molecule has 0 radical (unpaired) electrons. The number of hydrogen-bond donors (Lipinski definition) is 2. The van der Waals surface area contributed by atoms with Crippen LogP contribution in [0.3, 0.4) is 0 Å². The third kappa shape index (κ3) is 4.39. The monoisotopic (exact) mass is 320 g/mol. The van der Waals surface area contributed by atoms with Crippen molar-refractivity contribution in [2.24, 2.45) is 0 Å². The first kappa shape index (κ1) is 16.2. The van der Waals surface area contributed by atoms with Crippen LogP contribution in [0.5, 0.6) is 5.75 Å². The number of nitrogens with one attached hydrogen (secondary N) is 2. The van der Waals surface area contributed by atoms with Gasteiger partial charge in [0.25, 0.3) is 5.91 Å². The Balaban J connectivity index is 1.95. The molecule has 1 atom stereocenters. The summed E-state index contributed by atoms with van der Waals surface area (Å²) in [6.07, 6.45) is 2.10. The summed E-state index contributed by atoms with van der Waals surface area (Å²) in [5, 5.41) is 2.78. The van der Waals surface area contributed by atoms with Gasteiger partial charge in [0.15, 0.2) is 0 Å². The SMILES string of the molecule is CC[C@@H](CNC(=O)c1ccc[nH]c1=S)Oc1cccc(F)c1. The van der Waals surface area contributed by atoms with E-state index in [0.717, 1.165) is 0 Å². The van der Waals surface area contributed by atoms with Crippen molar-refractivity contribution in [3.8, 4) is 5.75 Å². The van der Waals surface area contributed by atoms with Crippen LogP contribution in [0.15, 0.2) is 42.6 Å². The molecule has 1 amide bonds. The molecule has 116 valence electrons. The molecule has 2 rings (SSSR count). The summed E-state index contributed by atoms with van der Waals surface area (Å²) in [6.45, 7) is 2.25. The normalized spacial score (nSPS) is 11.7. The van der Waals surface area contributed by atoms with Gasteiger partial charge in [-0.1, -0.05) is 25.2 Å². The lowest BCUT2D eigenvalue weighted by atomic mass is 10.2. The predicted molar refractivity (Wildman–Crippen MR) is 85.1 cm³/mol. The van der Waals surface area contributed by atoms with E-state index in [1.54, 1.807) is 30.5 Å². The lowest BCUT2D eigenvalue weighted by Crippen LogP contribution is -2.35. The Morgan fingerprint density at radius 2 is 2.23 bits per heavy atom. The van der Waals surface area contributed by atoms with Crippen LogP contribution in [0.1, 0.15) is 23.7 Å². The maximum Gasteiger partial charge on any atom is 0.254 e. The lowest BCUT2D eigenvalue weighted by molar-refractivity contribution is 0.0925. The van der Waals surface area contributed by atoms with E-state index < -0.39 is 0 Å². The molecule has 0 saturated carbocycles. The number of ether oxygens (including phenoxy) is 1. The number of amides is 1. The number of carbonyl (C=O) groups excluding carboxylic acids is 1. The quantitative estimate of drug-likeness (QED) is 0.801. The molecule has 0 aliphatic heterocycles. The van der Waals surface area contributed by atoms with Gasteiger partial charge in [0.1, 0.15) is 22.3 Å². The topological polar surface area (TPSA) is 54.1 Å². The first-order valence-corrected chi connectivity index (χ1v) is 7.39. The van der Waals surface area contributed by atoms with Crippen molar-refractivity contribution < 1.29 is 13.9 Å². The Morgan fingerprint density at radius 1 is 1.41 bits per heavy atom. The van der Waals surface area contributed by atoms with Crippen molar-refractivity contribution in [3.05, 3.63) is 58.6 Å². The molecule has 6 heteroatoms. The van der Waals surface area contributed by atoms with E-state index in [1.165, 1.54) is 12.1 Å². The highest BCUT2D eigenvalue weighted by atomic mass is 32.1. The highest BCUT2D eigenvalue weighted by Crippen LogP contribution is 2.14. The van der Waals surface area contributed by atoms with Crippen molar-refractivity contribution in [2.75, 3.05) is 6.54 Å². The van der Waals surface area contributed by atoms with Gasteiger partial charge in [-0.3, -0.25) is 4.79 Å². The van der Waals surface area contributed by atoms with Crippen LogP contribution in [0.2, 0.25) is 0 Å². The maximum absolute atomic E-state index is 13.1. The minimum Gasteiger partial charge on any atom is -0.489 e. The van der Waals surface area contributed by atoms with Crippen molar-refractivity contribution >= 4 is 18.1 Å². The molecule has 0 bridgehead atoms. The summed E-state index contributed by atoms with van der Waals surface area (Å²) in [5.41, 5.74) is 0.415. The predicted octanol–water partition coefficient (Wildman–Crippen LogP) is 3.47. The Labute approximate surface area is 133 Å². The zero-order chi connectivity index (χ0) is 15.9. The highest BCUT2D eigenvalue weighted by Gasteiger charge is 2.12. The van der Waals surface area contributed by atoms with Crippen LogP contribution in [0.4, 0.5) is 4.39 Å². The number of carbonyl (C=O) groups is 1. The van der Waals surface area contributed by atoms with Crippen LogP contribution in [0, 0.1) is 10.5 Å². The summed E-state index contributed by atoms with van der Waals surface area (Å²) in [6, 6.07) is 9.30. The molecule has 0 fully saturated rings. The van der Waals surface area contributed by atoms with Gasteiger partial charge >= 0.3 is 0 Å². The van der Waals surface area contributed by atoms with Crippen molar-refractivity contribution in [1.82, 2.24) is 10.3 Å². The molecular weight excluding hydrogens is 303 g/mol. The number of rotatable bonds is 6. The second-order valence-electron chi connectivity index (χ2n) is 4.73. The molecule has 1 heterocycles. The van der Waals surface area contributed by atoms with Crippen molar-refractivity contribution in [3.63, 3.8) is 0 Å². The molecule has 1 aromatic carbocycles. The minimum absolute atomic E-state index is 0.244. The van der Waals surface area contributed by atoms with E-state index in [0.29, 0.717) is 28.9 Å². The first-order chi connectivity index (χ1) is 10.6. The zero-order valence-corrected chi connectivity index (χ0v) is 13.0. The Bertz CT molecular complexity index is 702. The fourth-order valence-corrected chi connectivity index (χ4v) is 2.13. The fraction of sp³-hybridized carbons (Fsp3) is 0.250. The summed E-state index contributed by atoms with van der Waals surface area (Å²) in [5.74, 6) is -0.173. The molecular formula is C16H17FN2O2S. The smallest absolute Gasteiger partial charge is 0.254 e. The Kier molecular flexibility index (Phi) is 5.66. The molecule has 0 spiro atoms. The Hall–Kier alpha value is -2.21. The average molecular weight is 320 g/mol. The molecule has 1 aromatic heterocycles. The van der Waals surface area contributed by atoms with Gasteiger partial charge in [0, 0.05) is 12.3 Å². The average Bonchev–Trinajstić information content (AvgIpc) is 2.51. The van der Waals surface area contributed by atoms with Gasteiger partial charge in [-0.15, -0.1) is 0 Å². The molecule has 0 unspecified atom stereocenters. The molecule has 0 aliphatic rings. The van der Waals surface area contributed by atoms with Gasteiger partial charge in [0.05, 0.1) is 12.1 Å². The first-order valence-electron chi connectivity index (χ1n) is 6.98. The fourth-order valence-electron chi connectivity index (χ4n) is 1.90. The van der Waals surface area contributed by atoms with E-state index in [2.05, 4.69) is 10.3 Å². The van der Waals surface area contributed by atoms with Gasteiger partial charge in [0.2, 0.25) is 0 Å². The van der Waals surface area contributed by atoms with Gasteiger partial charge < -0.3 is 15.0 Å². The minimum atomic E-state index is -0.355. The third-order valence-electron chi connectivity index (χ3n) is 3.11. The number of aromatic nitrogens is 1. The summed E-state index contributed by atoms with van der Waals surface area (Å²) in [4.78, 5) is 14.9. The van der Waals surface area contributed by atoms with E-state index in [9.17, 15) is 9.18 Å². The second-order valence-corrected chi connectivity index (χ2v) is 5.14. The lowest BCUT2D eigenvalue weighted by Gasteiger charge is -2.18. The van der Waals surface area contributed by atoms with Crippen molar-refractivity contribution in [1.29, 1.82) is 0 Å². The van der Waals surface area contributed by atoms with E-state index in [-0.39, 0.29) is 17.8 Å².